The van der Waals surface area contributed by atoms with E-state index in [0.29, 0.717) is 0 Å². The van der Waals surface area contributed by atoms with Crippen molar-refractivity contribution in [3.05, 3.63) is 34.9 Å². The topological polar surface area (TPSA) is 63.2 Å². The zero-order chi connectivity index (χ0) is 13.4. The van der Waals surface area contributed by atoms with Gasteiger partial charge in [0.1, 0.15) is 0 Å². The van der Waals surface area contributed by atoms with E-state index in [4.69, 9.17) is 21.2 Å². The molecule has 0 heterocycles. The zero-order valence-electron chi connectivity index (χ0n) is 9.82. The van der Waals surface area contributed by atoms with Crippen molar-refractivity contribution >= 4 is 24.2 Å². The van der Waals surface area contributed by atoms with E-state index < -0.39 is 0 Å². The summed E-state index contributed by atoms with van der Waals surface area (Å²) in [7, 11) is 0. The second kappa shape index (κ2) is 6.94. The monoisotopic (exact) mass is 267 g/mol. The molecule has 96 valence electrons. The Hall–Kier alpha value is -1.64. The number of rotatable bonds is 4. The maximum absolute atomic E-state index is 10.5. The fourth-order valence-corrected chi connectivity index (χ4v) is 2.22. The number of carbonyl (C=O) groups is 1. The van der Waals surface area contributed by atoms with Crippen LogP contribution in [0.15, 0.2) is 24.3 Å². The lowest BCUT2D eigenvalue weighted by molar-refractivity contribution is -0.191. The first kappa shape index (κ1) is 14.4. The van der Waals surface area contributed by atoms with Crippen LogP contribution in [0.25, 0.3) is 0 Å². The molecule has 2 rings (SSSR count). The van der Waals surface area contributed by atoms with Crippen LogP contribution in [0.4, 0.5) is 0 Å². The van der Waals surface area contributed by atoms with E-state index in [1.54, 1.807) is 0 Å². The average molecular weight is 268 g/mol. The number of hydrogen-bond acceptors (Lipinski definition) is 3. The number of hydrogen-bond donors (Lipinski definition) is 1. The molecule has 18 heavy (non-hydrogen) atoms. The summed E-state index contributed by atoms with van der Waals surface area (Å²) in [5.41, 5.74) is 1.24. The van der Waals surface area contributed by atoms with Gasteiger partial charge in [0, 0.05) is 10.6 Å². The van der Waals surface area contributed by atoms with E-state index >= 15 is 0 Å². The van der Waals surface area contributed by atoms with E-state index in [-0.39, 0.29) is 11.7 Å². The van der Waals surface area contributed by atoms with E-state index in [9.17, 15) is 4.79 Å². The van der Waals surface area contributed by atoms with Gasteiger partial charge in [0.05, 0.1) is 0 Å². The van der Waals surface area contributed by atoms with Crippen LogP contribution in [0, 0.1) is 0 Å². The summed E-state index contributed by atoms with van der Waals surface area (Å²) in [6.45, 7) is 0. The molecule has 1 fully saturated rings. The van der Waals surface area contributed by atoms with Gasteiger partial charge in [0.2, 0.25) is 6.41 Å². The third-order valence-corrected chi connectivity index (χ3v) is 3.38. The molecule has 0 aromatic heterocycles. The smallest absolute Gasteiger partial charge is 0.353 e. The first-order chi connectivity index (χ1) is 8.65. The summed E-state index contributed by atoms with van der Waals surface area (Å²) < 4.78 is 0. The Morgan fingerprint density at radius 3 is 2.22 bits per heavy atom. The maximum atomic E-state index is 10.5. The van der Waals surface area contributed by atoms with Crippen molar-refractivity contribution in [3.8, 4) is 0 Å². The average Bonchev–Trinajstić information content (AvgIpc) is 2.30. The van der Waals surface area contributed by atoms with Crippen LogP contribution in [-0.4, -0.2) is 18.1 Å². The molecule has 0 saturated heterocycles. The third-order valence-electron chi connectivity index (χ3n) is 3.13. The van der Waals surface area contributed by atoms with Crippen LogP contribution in [0.5, 0.6) is 0 Å². The van der Waals surface area contributed by atoms with Crippen molar-refractivity contribution in [1.29, 1.82) is 0 Å². The van der Waals surface area contributed by atoms with Gasteiger partial charge in [-0.3, -0.25) is 4.79 Å². The normalized spacial score (nSPS) is 15.4. The summed E-state index contributed by atoms with van der Waals surface area (Å²) in [6, 6.07) is 7.83. The Balaban J connectivity index is 0.000000492. The molecule has 1 aromatic carbocycles. The molecule has 0 spiro atoms. The Bertz CT molecular complexity index is 420. The van der Waals surface area contributed by atoms with Gasteiger partial charge in [-0.2, -0.15) is 9.59 Å². The Morgan fingerprint density at radius 1 is 1.28 bits per heavy atom. The van der Waals surface area contributed by atoms with Crippen LogP contribution in [0.2, 0.25) is 5.02 Å². The SMILES string of the molecule is O=C=O.O=CNC1(Cc2ccc(Cl)cc2)CCC1. The van der Waals surface area contributed by atoms with Gasteiger partial charge in [-0.1, -0.05) is 23.7 Å². The van der Waals surface area contributed by atoms with Crippen molar-refractivity contribution in [1.82, 2.24) is 5.32 Å². The highest BCUT2D eigenvalue weighted by molar-refractivity contribution is 6.30. The van der Waals surface area contributed by atoms with Crippen LogP contribution in [-0.2, 0) is 20.8 Å². The van der Waals surface area contributed by atoms with Gasteiger partial charge >= 0.3 is 6.15 Å². The quantitative estimate of drug-likeness (QED) is 0.849. The van der Waals surface area contributed by atoms with E-state index in [0.717, 1.165) is 30.7 Å². The lowest BCUT2D eigenvalue weighted by atomic mass is 9.73. The lowest BCUT2D eigenvalue weighted by Crippen LogP contribution is -2.52. The van der Waals surface area contributed by atoms with Crippen LogP contribution >= 0.6 is 11.6 Å². The van der Waals surface area contributed by atoms with E-state index in [1.165, 1.54) is 12.0 Å². The molecule has 1 aliphatic carbocycles. The largest absolute Gasteiger partial charge is 0.373 e. The number of benzene rings is 1. The standard InChI is InChI=1S/C12H14ClNO.CO2/c13-11-4-2-10(3-5-11)8-12(14-9-15)6-1-7-12;2-1-3/h2-5,9H,1,6-8H2,(H,14,15);. The Morgan fingerprint density at radius 2 is 1.83 bits per heavy atom. The Kier molecular flexibility index (Phi) is 5.56. The molecule has 1 N–H and O–H groups in total. The van der Waals surface area contributed by atoms with Crippen molar-refractivity contribution in [2.24, 2.45) is 0 Å². The van der Waals surface area contributed by atoms with Crippen LogP contribution in [0.1, 0.15) is 24.8 Å². The third kappa shape index (κ3) is 3.99. The fourth-order valence-electron chi connectivity index (χ4n) is 2.09. The van der Waals surface area contributed by atoms with Crippen molar-refractivity contribution in [2.45, 2.75) is 31.2 Å². The molecular formula is C13H14ClNO3. The van der Waals surface area contributed by atoms with Gasteiger partial charge in [-0.05, 0) is 43.4 Å². The minimum absolute atomic E-state index is 0.00950. The minimum atomic E-state index is 0.00950. The van der Waals surface area contributed by atoms with Crippen molar-refractivity contribution in [2.75, 3.05) is 0 Å². The zero-order valence-corrected chi connectivity index (χ0v) is 10.6. The molecule has 1 aliphatic rings. The van der Waals surface area contributed by atoms with Gasteiger partial charge in [-0.15, -0.1) is 0 Å². The number of amides is 1. The highest BCUT2D eigenvalue weighted by Gasteiger charge is 2.36. The molecule has 1 aromatic rings. The predicted octanol–water partition coefficient (Wildman–Crippen LogP) is 1.97. The molecule has 0 atom stereocenters. The summed E-state index contributed by atoms with van der Waals surface area (Å²) in [5, 5.41) is 3.70. The molecule has 0 radical (unpaired) electrons. The molecule has 0 aliphatic heterocycles. The number of nitrogens with one attached hydrogen (secondary N) is 1. The molecule has 4 nitrogen and oxygen atoms in total. The summed E-state index contributed by atoms with van der Waals surface area (Å²) >= 11 is 5.82. The molecular weight excluding hydrogens is 254 g/mol. The first-order valence-corrected chi connectivity index (χ1v) is 5.99. The lowest BCUT2D eigenvalue weighted by Gasteiger charge is -2.41. The number of halogens is 1. The van der Waals surface area contributed by atoms with E-state index in [2.05, 4.69) is 5.32 Å². The molecule has 0 unspecified atom stereocenters. The molecule has 1 amide bonds. The Labute approximate surface area is 110 Å². The van der Waals surface area contributed by atoms with Gasteiger partial charge in [-0.25, -0.2) is 0 Å². The maximum Gasteiger partial charge on any atom is 0.373 e. The van der Waals surface area contributed by atoms with Crippen LogP contribution < -0.4 is 5.32 Å². The van der Waals surface area contributed by atoms with Gasteiger partial charge in [0.15, 0.2) is 0 Å². The van der Waals surface area contributed by atoms with Crippen molar-refractivity contribution in [3.63, 3.8) is 0 Å². The second-order valence-electron chi connectivity index (χ2n) is 4.28. The first-order valence-electron chi connectivity index (χ1n) is 5.61. The minimum Gasteiger partial charge on any atom is -0.353 e. The van der Waals surface area contributed by atoms with Gasteiger partial charge in [0.25, 0.3) is 0 Å². The summed E-state index contributed by atoms with van der Waals surface area (Å²) in [5.74, 6) is 0. The molecule has 0 bridgehead atoms. The highest BCUT2D eigenvalue weighted by atomic mass is 35.5. The van der Waals surface area contributed by atoms with Crippen LogP contribution in [0.3, 0.4) is 0 Å². The second-order valence-corrected chi connectivity index (χ2v) is 4.72. The number of carbonyl (C=O) groups excluding carboxylic acids is 3. The molecule has 5 heteroatoms. The molecule has 1 saturated carbocycles. The predicted molar refractivity (Wildman–Crippen MR) is 65.9 cm³/mol. The van der Waals surface area contributed by atoms with Gasteiger partial charge < -0.3 is 5.32 Å². The summed E-state index contributed by atoms with van der Waals surface area (Å²) in [4.78, 5) is 26.8. The highest BCUT2D eigenvalue weighted by Crippen LogP contribution is 2.34. The van der Waals surface area contributed by atoms with E-state index in [1.807, 2.05) is 24.3 Å². The van der Waals surface area contributed by atoms with Crippen molar-refractivity contribution < 1.29 is 14.4 Å². The summed E-state index contributed by atoms with van der Waals surface area (Å²) in [6.07, 6.45) is 5.33. The fraction of sp³-hybridized carbons (Fsp3) is 0.385.